The lowest BCUT2D eigenvalue weighted by Crippen LogP contribution is -2.35. The van der Waals surface area contributed by atoms with Gasteiger partial charge in [0.05, 0.1) is 6.54 Å². The molecule has 0 saturated heterocycles. The number of aliphatic imine (C=N–C) groups is 1. The number of benzene rings is 1. The maximum atomic E-state index is 12.6. The van der Waals surface area contributed by atoms with Gasteiger partial charge >= 0.3 is 0 Å². The van der Waals surface area contributed by atoms with Crippen molar-refractivity contribution in [2.24, 2.45) is 4.99 Å². The van der Waals surface area contributed by atoms with Gasteiger partial charge < -0.3 is 10.2 Å². The molecule has 1 heterocycles. The molecule has 3 nitrogen and oxygen atoms in total. The van der Waals surface area contributed by atoms with Gasteiger partial charge in [0, 0.05) is 20.1 Å². The van der Waals surface area contributed by atoms with Gasteiger partial charge in [0.1, 0.15) is 5.82 Å². The van der Waals surface area contributed by atoms with E-state index >= 15 is 0 Å². The highest BCUT2D eigenvalue weighted by molar-refractivity contribution is 5.81. The molecule has 1 aliphatic rings. The van der Waals surface area contributed by atoms with Gasteiger partial charge in [0.25, 0.3) is 0 Å². The van der Waals surface area contributed by atoms with E-state index < -0.39 is 0 Å². The molecule has 0 radical (unpaired) electrons. The summed E-state index contributed by atoms with van der Waals surface area (Å²) in [6.45, 7) is 2.50. The number of rotatable bonds is 2. The zero-order chi connectivity index (χ0) is 10.7. The third kappa shape index (κ3) is 2.46. The van der Waals surface area contributed by atoms with Crippen molar-refractivity contribution >= 4 is 5.96 Å². The molecule has 0 aromatic heterocycles. The third-order valence-corrected chi connectivity index (χ3v) is 2.42. The molecular formula is C11H14FN3. The zero-order valence-electron chi connectivity index (χ0n) is 8.70. The third-order valence-electron chi connectivity index (χ3n) is 2.42. The molecule has 1 N–H and O–H groups in total. The summed E-state index contributed by atoms with van der Waals surface area (Å²) in [6.07, 6.45) is 0. The van der Waals surface area contributed by atoms with Crippen LogP contribution in [0, 0.1) is 5.82 Å². The van der Waals surface area contributed by atoms with Crippen molar-refractivity contribution in [3.63, 3.8) is 0 Å². The van der Waals surface area contributed by atoms with Crippen molar-refractivity contribution < 1.29 is 4.39 Å². The topological polar surface area (TPSA) is 27.6 Å². The minimum atomic E-state index is -0.200. The maximum Gasteiger partial charge on any atom is 0.194 e. The van der Waals surface area contributed by atoms with Gasteiger partial charge in [0.15, 0.2) is 5.96 Å². The molecule has 0 bridgehead atoms. The van der Waals surface area contributed by atoms with Gasteiger partial charge in [-0.15, -0.1) is 0 Å². The molecule has 1 aromatic carbocycles. The quantitative estimate of drug-likeness (QED) is 0.789. The Morgan fingerprint density at radius 3 is 2.73 bits per heavy atom. The Labute approximate surface area is 88.6 Å². The minimum absolute atomic E-state index is 0.200. The molecule has 15 heavy (non-hydrogen) atoms. The van der Waals surface area contributed by atoms with Crippen LogP contribution >= 0.6 is 0 Å². The molecule has 0 amide bonds. The summed E-state index contributed by atoms with van der Waals surface area (Å²) in [5.74, 6) is 0.716. The van der Waals surface area contributed by atoms with Gasteiger partial charge in [-0.05, 0) is 17.7 Å². The average Bonchev–Trinajstić information content (AvgIpc) is 2.63. The van der Waals surface area contributed by atoms with Gasteiger partial charge in [0.2, 0.25) is 0 Å². The van der Waals surface area contributed by atoms with Crippen molar-refractivity contribution in [3.8, 4) is 0 Å². The predicted molar refractivity (Wildman–Crippen MR) is 58.2 cm³/mol. The Balaban J connectivity index is 1.90. The first kappa shape index (κ1) is 9.96. The zero-order valence-corrected chi connectivity index (χ0v) is 8.70. The largest absolute Gasteiger partial charge is 0.352 e. The molecule has 0 atom stereocenters. The van der Waals surface area contributed by atoms with E-state index in [1.54, 1.807) is 12.1 Å². The van der Waals surface area contributed by atoms with E-state index in [1.807, 2.05) is 7.05 Å². The Hall–Kier alpha value is -1.58. The molecule has 0 unspecified atom stereocenters. The van der Waals surface area contributed by atoms with Gasteiger partial charge in [-0.25, -0.2) is 4.39 Å². The number of likely N-dealkylation sites (N-methyl/N-ethyl adjacent to an activating group) is 1. The van der Waals surface area contributed by atoms with Crippen LogP contribution in [0.2, 0.25) is 0 Å². The van der Waals surface area contributed by atoms with Crippen molar-refractivity contribution in [1.82, 2.24) is 10.2 Å². The molecule has 0 saturated carbocycles. The van der Waals surface area contributed by atoms with E-state index in [-0.39, 0.29) is 5.82 Å². The number of nitrogens with one attached hydrogen (secondary N) is 1. The van der Waals surface area contributed by atoms with Crippen LogP contribution in [0.15, 0.2) is 29.3 Å². The van der Waals surface area contributed by atoms with E-state index in [9.17, 15) is 4.39 Å². The lowest BCUT2D eigenvalue weighted by Gasteiger charge is -2.15. The SMILES string of the molecule is CN1CCN=C1NCc1ccc(F)cc1. The van der Waals surface area contributed by atoms with Gasteiger partial charge in [-0.3, -0.25) is 4.99 Å². The normalized spacial score (nSPS) is 15.3. The molecule has 0 spiro atoms. The number of guanidine groups is 1. The Morgan fingerprint density at radius 2 is 2.13 bits per heavy atom. The summed E-state index contributed by atoms with van der Waals surface area (Å²) in [6, 6.07) is 6.49. The fourth-order valence-electron chi connectivity index (χ4n) is 1.51. The number of hydrogen-bond donors (Lipinski definition) is 1. The van der Waals surface area contributed by atoms with Crippen LogP contribution in [0.4, 0.5) is 4.39 Å². The highest BCUT2D eigenvalue weighted by Gasteiger charge is 2.10. The average molecular weight is 207 g/mol. The summed E-state index contributed by atoms with van der Waals surface area (Å²) in [5, 5.41) is 3.22. The number of halogens is 1. The highest BCUT2D eigenvalue weighted by Crippen LogP contribution is 2.03. The van der Waals surface area contributed by atoms with Crippen LogP contribution in [0.25, 0.3) is 0 Å². The van der Waals surface area contributed by atoms with Crippen LogP contribution in [0.1, 0.15) is 5.56 Å². The summed E-state index contributed by atoms with van der Waals surface area (Å²) in [5.41, 5.74) is 1.06. The van der Waals surface area contributed by atoms with E-state index in [1.165, 1.54) is 12.1 Å². The molecular weight excluding hydrogens is 193 g/mol. The van der Waals surface area contributed by atoms with E-state index in [0.717, 1.165) is 24.6 Å². The summed E-state index contributed by atoms with van der Waals surface area (Å²) in [4.78, 5) is 6.38. The minimum Gasteiger partial charge on any atom is -0.352 e. The Bertz CT molecular complexity index is 359. The van der Waals surface area contributed by atoms with E-state index in [2.05, 4.69) is 15.2 Å². The van der Waals surface area contributed by atoms with Crippen molar-refractivity contribution in [2.75, 3.05) is 20.1 Å². The van der Waals surface area contributed by atoms with Crippen molar-refractivity contribution in [2.45, 2.75) is 6.54 Å². The second-order valence-corrected chi connectivity index (χ2v) is 3.61. The Morgan fingerprint density at radius 1 is 1.40 bits per heavy atom. The van der Waals surface area contributed by atoms with Crippen molar-refractivity contribution in [1.29, 1.82) is 0 Å². The standard InChI is InChI=1S/C11H14FN3/c1-15-7-6-13-11(15)14-8-9-2-4-10(12)5-3-9/h2-5H,6-8H2,1H3,(H,13,14). The van der Waals surface area contributed by atoms with E-state index in [0.29, 0.717) is 6.54 Å². The Kier molecular flexibility index (Phi) is 2.85. The van der Waals surface area contributed by atoms with Gasteiger partial charge in [-0.2, -0.15) is 0 Å². The van der Waals surface area contributed by atoms with Crippen LogP contribution < -0.4 is 5.32 Å². The molecule has 2 rings (SSSR count). The number of hydrogen-bond acceptors (Lipinski definition) is 3. The van der Waals surface area contributed by atoms with E-state index in [4.69, 9.17) is 0 Å². The molecule has 80 valence electrons. The second kappa shape index (κ2) is 4.29. The van der Waals surface area contributed by atoms with Crippen molar-refractivity contribution in [3.05, 3.63) is 35.6 Å². The lowest BCUT2D eigenvalue weighted by molar-refractivity contribution is 0.534. The molecule has 1 aliphatic heterocycles. The maximum absolute atomic E-state index is 12.6. The summed E-state index contributed by atoms with van der Waals surface area (Å²) >= 11 is 0. The lowest BCUT2D eigenvalue weighted by atomic mass is 10.2. The first-order valence-electron chi connectivity index (χ1n) is 4.99. The first-order chi connectivity index (χ1) is 7.25. The van der Waals surface area contributed by atoms with Crippen LogP contribution in [-0.4, -0.2) is 31.0 Å². The fraction of sp³-hybridized carbons (Fsp3) is 0.364. The van der Waals surface area contributed by atoms with Crippen LogP contribution in [-0.2, 0) is 6.54 Å². The monoisotopic (exact) mass is 207 g/mol. The highest BCUT2D eigenvalue weighted by atomic mass is 19.1. The van der Waals surface area contributed by atoms with Crippen LogP contribution in [0.5, 0.6) is 0 Å². The number of nitrogens with zero attached hydrogens (tertiary/aromatic N) is 2. The molecule has 4 heteroatoms. The molecule has 0 fully saturated rings. The molecule has 0 aliphatic carbocycles. The molecule has 1 aromatic rings. The smallest absolute Gasteiger partial charge is 0.194 e. The fourth-order valence-corrected chi connectivity index (χ4v) is 1.51. The predicted octanol–water partition coefficient (Wildman–Crippen LogP) is 1.22. The van der Waals surface area contributed by atoms with Crippen LogP contribution in [0.3, 0.4) is 0 Å². The second-order valence-electron chi connectivity index (χ2n) is 3.61. The summed E-state index contributed by atoms with van der Waals surface area (Å²) < 4.78 is 12.6. The first-order valence-corrected chi connectivity index (χ1v) is 4.99. The van der Waals surface area contributed by atoms with Gasteiger partial charge in [-0.1, -0.05) is 12.1 Å². The summed E-state index contributed by atoms with van der Waals surface area (Å²) in [7, 11) is 2.00.